The van der Waals surface area contributed by atoms with E-state index in [4.69, 9.17) is 9.47 Å². The number of rotatable bonds is 4. The molecule has 0 radical (unpaired) electrons. The Balaban J connectivity index is 2.63. The number of aldehydes is 1. The summed E-state index contributed by atoms with van der Waals surface area (Å²) in [4.78, 5) is 11.2. The van der Waals surface area contributed by atoms with Crippen LogP contribution in [0.25, 0.3) is 11.1 Å². The van der Waals surface area contributed by atoms with Crippen molar-refractivity contribution in [3.63, 3.8) is 0 Å². The summed E-state index contributed by atoms with van der Waals surface area (Å²) < 4.78 is 23.3. The smallest absolute Gasteiger partial charge is 0.157 e. The van der Waals surface area contributed by atoms with Gasteiger partial charge in [-0.1, -0.05) is 12.1 Å². The fraction of sp³-hybridized carbons (Fsp3) is 0.133. The molecule has 0 amide bonds. The van der Waals surface area contributed by atoms with Crippen molar-refractivity contribution < 1.29 is 18.7 Å². The third-order valence-corrected chi connectivity index (χ3v) is 2.85. The molecule has 98 valence electrons. The molecule has 0 aromatic heterocycles. The lowest BCUT2D eigenvalue weighted by molar-refractivity contribution is 0.111. The Hall–Kier alpha value is -2.36. The first-order valence-corrected chi connectivity index (χ1v) is 5.67. The minimum absolute atomic E-state index is 0.313. The number of carbonyl (C=O) groups is 1. The van der Waals surface area contributed by atoms with Gasteiger partial charge in [0.2, 0.25) is 0 Å². The number of methoxy groups -OCH3 is 2. The fourth-order valence-corrected chi connectivity index (χ4v) is 1.95. The summed E-state index contributed by atoms with van der Waals surface area (Å²) in [7, 11) is 2.97. The van der Waals surface area contributed by atoms with E-state index in [1.165, 1.54) is 26.4 Å². The van der Waals surface area contributed by atoms with Crippen LogP contribution in [-0.2, 0) is 0 Å². The van der Waals surface area contributed by atoms with Gasteiger partial charge in [0.1, 0.15) is 17.3 Å². The van der Waals surface area contributed by atoms with Crippen LogP contribution >= 0.6 is 0 Å². The third-order valence-electron chi connectivity index (χ3n) is 2.85. The third kappa shape index (κ3) is 2.42. The van der Waals surface area contributed by atoms with Gasteiger partial charge in [-0.05, 0) is 29.8 Å². The fourth-order valence-electron chi connectivity index (χ4n) is 1.95. The van der Waals surface area contributed by atoms with Gasteiger partial charge >= 0.3 is 0 Å². The molecule has 0 aliphatic carbocycles. The summed E-state index contributed by atoms with van der Waals surface area (Å²) >= 11 is 0. The summed E-state index contributed by atoms with van der Waals surface area (Å²) in [5, 5.41) is 0. The normalized spacial score (nSPS) is 10.1. The van der Waals surface area contributed by atoms with E-state index in [2.05, 4.69) is 0 Å². The zero-order chi connectivity index (χ0) is 13.8. The number of benzene rings is 2. The Morgan fingerprint density at radius 2 is 1.68 bits per heavy atom. The quantitative estimate of drug-likeness (QED) is 0.791. The second-order valence-electron chi connectivity index (χ2n) is 3.89. The number of hydrogen-bond donors (Lipinski definition) is 0. The number of halogens is 1. The molecule has 0 bridgehead atoms. The first-order chi connectivity index (χ1) is 9.21. The van der Waals surface area contributed by atoms with Gasteiger partial charge in [-0.2, -0.15) is 0 Å². The van der Waals surface area contributed by atoms with Crippen LogP contribution in [0.3, 0.4) is 0 Å². The maximum atomic E-state index is 12.9. The predicted molar refractivity (Wildman–Crippen MR) is 70.3 cm³/mol. The van der Waals surface area contributed by atoms with Crippen LogP contribution < -0.4 is 9.47 Å². The second kappa shape index (κ2) is 5.52. The highest BCUT2D eigenvalue weighted by Crippen LogP contribution is 2.37. The van der Waals surface area contributed by atoms with Crippen molar-refractivity contribution in [1.29, 1.82) is 0 Å². The molecular formula is C15H13FO3. The number of hydrogen-bond acceptors (Lipinski definition) is 3. The molecule has 2 aromatic carbocycles. The average Bonchev–Trinajstić information content (AvgIpc) is 2.46. The maximum Gasteiger partial charge on any atom is 0.157 e. The maximum absolute atomic E-state index is 12.9. The van der Waals surface area contributed by atoms with E-state index in [1.807, 2.05) is 0 Å². The van der Waals surface area contributed by atoms with Crippen molar-refractivity contribution in [2.24, 2.45) is 0 Å². The van der Waals surface area contributed by atoms with Gasteiger partial charge in [0.15, 0.2) is 6.29 Å². The summed E-state index contributed by atoms with van der Waals surface area (Å²) in [5.41, 5.74) is 1.82. The van der Waals surface area contributed by atoms with Crippen LogP contribution in [0.15, 0.2) is 36.4 Å². The Morgan fingerprint density at radius 1 is 1.00 bits per heavy atom. The SMILES string of the molecule is COc1ccc(-c2ccc(F)cc2)c(OC)c1C=O. The topological polar surface area (TPSA) is 35.5 Å². The van der Waals surface area contributed by atoms with Gasteiger partial charge in [-0.25, -0.2) is 4.39 Å². The van der Waals surface area contributed by atoms with E-state index in [0.29, 0.717) is 28.9 Å². The lowest BCUT2D eigenvalue weighted by Crippen LogP contribution is -1.98. The van der Waals surface area contributed by atoms with E-state index in [1.54, 1.807) is 24.3 Å². The standard InChI is InChI=1S/C15H13FO3/c1-18-14-8-7-12(15(19-2)13(14)9-17)10-3-5-11(16)6-4-10/h3-9H,1-2H3. The largest absolute Gasteiger partial charge is 0.496 e. The monoisotopic (exact) mass is 260 g/mol. The summed E-state index contributed by atoms with van der Waals surface area (Å²) in [6.07, 6.45) is 0.685. The Kier molecular flexibility index (Phi) is 3.80. The zero-order valence-corrected chi connectivity index (χ0v) is 10.6. The van der Waals surface area contributed by atoms with E-state index in [0.717, 1.165) is 5.56 Å². The molecule has 0 unspecified atom stereocenters. The minimum Gasteiger partial charge on any atom is -0.496 e. The van der Waals surface area contributed by atoms with E-state index < -0.39 is 0 Å². The molecular weight excluding hydrogens is 247 g/mol. The molecule has 0 aliphatic rings. The van der Waals surface area contributed by atoms with Crippen molar-refractivity contribution in [2.45, 2.75) is 0 Å². The molecule has 0 N–H and O–H groups in total. The lowest BCUT2D eigenvalue weighted by atomic mass is 10.0. The Labute approximate surface area is 110 Å². The number of carbonyl (C=O) groups excluding carboxylic acids is 1. The molecule has 0 heterocycles. The van der Waals surface area contributed by atoms with Crippen LogP contribution in [0, 0.1) is 5.82 Å². The first-order valence-electron chi connectivity index (χ1n) is 5.67. The first kappa shape index (κ1) is 13.1. The highest BCUT2D eigenvalue weighted by molar-refractivity contribution is 5.89. The summed E-state index contributed by atoms with van der Waals surface area (Å²) in [6.45, 7) is 0. The van der Waals surface area contributed by atoms with Crippen LogP contribution in [0.5, 0.6) is 11.5 Å². The van der Waals surface area contributed by atoms with Gasteiger partial charge in [0, 0.05) is 5.56 Å². The summed E-state index contributed by atoms with van der Waals surface area (Å²) in [6, 6.07) is 9.45. The Bertz CT molecular complexity index is 591. The molecule has 4 heteroatoms. The molecule has 0 saturated heterocycles. The van der Waals surface area contributed by atoms with Gasteiger partial charge in [-0.3, -0.25) is 4.79 Å². The highest BCUT2D eigenvalue weighted by atomic mass is 19.1. The van der Waals surface area contributed by atoms with Crippen LogP contribution in [0.1, 0.15) is 10.4 Å². The molecule has 2 aromatic rings. The summed E-state index contributed by atoms with van der Waals surface area (Å²) in [5.74, 6) is 0.547. The van der Waals surface area contributed by atoms with E-state index in [-0.39, 0.29) is 5.82 Å². The highest BCUT2D eigenvalue weighted by Gasteiger charge is 2.15. The van der Waals surface area contributed by atoms with E-state index in [9.17, 15) is 9.18 Å². The van der Waals surface area contributed by atoms with Gasteiger partial charge in [0.25, 0.3) is 0 Å². The van der Waals surface area contributed by atoms with Crippen LogP contribution in [-0.4, -0.2) is 20.5 Å². The average molecular weight is 260 g/mol. The van der Waals surface area contributed by atoms with Gasteiger partial charge in [-0.15, -0.1) is 0 Å². The predicted octanol–water partition coefficient (Wildman–Crippen LogP) is 3.32. The molecule has 2 rings (SSSR count). The molecule has 0 atom stereocenters. The molecule has 0 spiro atoms. The van der Waals surface area contributed by atoms with E-state index >= 15 is 0 Å². The Morgan fingerprint density at radius 3 is 2.21 bits per heavy atom. The van der Waals surface area contributed by atoms with Crippen molar-refractivity contribution in [3.8, 4) is 22.6 Å². The van der Waals surface area contributed by atoms with Crippen LogP contribution in [0.4, 0.5) is 4.39 Å². The van der Waals surface area contributed by atoms with Crippen molar-refractivity contribution in [1.82, 2.24) is 0 Å². The van der Waals surface area contributed by atoms with Crippen molar-refractivity contribution in [3.05, 3.63) is 47.8 Å². The second-order valence-corrected chi connectivity index (χ2v) is 3.89. The van der Waals surface area contributed by atoms with Gasteiger partial charge in [0.05, 0.1) is 19.8 Å². The van der Waals surface area contributed by atoms with Gasteiger partial charge < -0.3 is 9.47 Å². The van der Waals surface area contributed by atoms with Crippen LogP contribution in [0.2, 0.25) is 0 Å². The number of ether oxygens (including phenoxy) is 2. The minimum atomic E-state index is -0.313. The molecule has 0 saturated carbocycles. The molecule has 0 fully saturated rings. The van der Waals surface area contributed by atoms with Crippen molar-refractivity contribution >= 4 is 6.29 Å². The molecule has 0 aliphatic heterocycles. The van der Waals surface area contributed by atoms with Crippen molar-refractivity contribution in [2.75, 3.05) is 14.2 Å². The zero-order valence-electron chi connectivity index (χ0n) is 10.6. The molecule has 19 heavy (non-hydrogen) atoms. The molecule has 3 nitrogen and oxygen atoms in total. The lowest BCUT2D eigenvalue weighted by Gasteiger charge is -2.13.